The van der Waals surface area contributed by atoms with E-state index in [0.717, 1.165) is 38.9 Å². The minimum Gasteiger partial charge on any atom is -0.396 e. The second-order valence-electron chi connectivity index (χ2n) is 5.03. The van der Waals surface area contributed by atoms with Crippen LogP contribution < -0.4 is 0 Å². The predicted octanol–water partition coefficient (Wildman–Crippen LogP) is 1.51. The maximum Gasteiger partial charge on any atom is 0.0595 e. The molecule has 1 heterocycles. The molecule has 0 aromatic heterocycles. The summed E-state index contributed by atoms with van der Waals surface area (Å²) in [5.74, 6) is 0. The molecule has 0 saturated carbocycles. The summed E-state index contributed by atoms with van der Waals surface area (Å²) in [6, 6.07) is 0. The van der Waals surface area contributed by atoms with Crippen LogP contribution in [0.25, 0.3) is 0 Å². The molecule has 0 aromatic rings. The van der Waals surface area contributed by atoms with E-state index in [2.05, 4.69) is 18.7 Å². The van der Waals surface area contributed by atoms with Gasteiger partial charge in [-0.1, -0.05) is 13.8 Å². The molecule has 1 fully saturated rings. The van der Waals surface area contributed by atoms with Gasteiger partial charge in [-0.2, -0.15) is 0 Å². The van der Waals surface area contributed by atoms with Crippen LogP contribution in [0.5, 0.6) is 0 Å². The molecule has 1 unspecified atom stereocenters. The largest absolute Gasteiger partial charge is 0.396 e. The van der Waals surface area contributed by atoms with Crippen molar-refractivity contribution in [2.75, 3.05) is 33.4 Å². The van der Waals surface area contributed by atoms with Gasteiger partial charge in [0.1, 0.15) is 0 Å². The quantitative estimate of drug-likeness (QED) is 0.754. The molecule has 15 heavy (non-hydrogen) atoms. The van der Waals surface area contributed by atoms with E-state index in [1.165, 1.54) is 0 Å². The number of aliphatic hydroxyl groups is 1. The number of methoxy groups -OCH3 is 1. The first kappa shape index (κ1) is 12.9. The molecule has 1 rings (SSSR count). The van der Waals surface area contributed by atoms with E-state index in [-0.39, 0.29) is 12.0 Å². The third kappa shape index (κ3) is 3.74. The highest BCUT2D eigenvalue weighted by atomic mass is 16.5. The van der Waals surface area contributed by atoms with Crippen LogP contribution in [0.15, 0.2) is 0 Å². The van der Waals surface area contributed by atoms with Gasteiger partial charge in [-0.05, 0) is 19.3 Å². The lowest BCUT2D eigenvalue weighted by atomic mass is 9.87. The molecule has 0 bridgehead atoms. The van der Waals surface area contributed by atoms with E-state index in [4.69, 9.17) is 4.74 Å². The summed E-state index contributed by atoms with van der Waals surface area (Å²) in [6.45, 7) is 7.82. The SMILES string of the molecule is CCC(C)(CO)CN1CCC(OC)CC1. The van der Waals surface area contributed by atoms with Gasteiger partial charge in [-0.15, -0.1) is 0 Å². The smallest absolute Gasteiger partial charge is 0.0595 e. The molecular formula is C12H25NO2. The van der Waals surface area contributed by atoms with Crippen LogP contribution >= 0.6 is 0 Å². The lowest BCUT2D eigenvalue weighted by molar-refractivity contribution is 0.0168. The van der Waals surface area contributed by atoms with Crippen LogP contribution in [0.3, 0.4) is 0 Å². The van der Waals surface area contributed by atoms with Gasteiger partial charge < -0.3 is 14.7 Å². The van der Waals surface area contributed by atoms with Gasteiger partial charge in [0.05, 0.1) is 6.10 Å². The number of rotatable bonds is 5. The fourth-order valence-electron chi connectivity index (χ4n) is 2.12. The molecule has 0 amide bonds. The Morgan fingerprint density at radius 3 is 2.40 bits per heavy atom. The minimum atomic E-state index is 0.0694. The lowest BCUT2D eigenvalue weighted by Gasteiger charge is -2.37. The first-order valence-electron chi connectivity index (χ1n) is 5.99. The average molecular weight is 215 g/mol. The van der Waals surface area contributed by atoms with Crippen LogP contribution in [0.2, 0.25) is 0 Å². The van der Waals surface area contributed by atoms with Crippen molar-refractivity contribution in [1.82, 2.24) is 4.90 Å². The zero-order valence-corrected chi connectivity index (χ0v) is 10.3. The molecule has 0 aliphatic carbocycles. The summed E-state index contributed by atoms with van der Waals surface area (Å²) in [4.78, 5) is 2.45. The highest BCUT2D eigenvalue weighted by molar-refractivity contribution is 4.80. The number of piperidine rings is 1. The van der Waals surface area contributed by atoms with Crippen LogP contribution in [-0.2, 0) is 4.74 Å². The van der Waals surface area contributed by atoms with Crippen LogP contribution in [-0.4, -0.2) is 49.5 Å². The van der Waals surface area contributed by atoms with E-state index in [1.54, 1.807) is 7.11 Å². The molecule has 0 radical (unpaired) electrons. The number of hydrogen-bond donors (Lipinski definition) is 1. The molecule has 1 N–H and O–H groups in total. The zero-order chi connectivity index (χ0) is 11.3. The van der Waals surface area contributed by atoms with Crippen molar-refractivity contribution in [3.63, 3.8) is 0 Å². The van der Waals surface area contributed by atoms with Crippen LogP contribution in [0.1, 0.15) is 33.1 Å². The van der Waals surface area contributed by atoms with Gasteiger partial charge in [-0.3, -0.25) is 0 Å². The van der Waals surface area contributed by atoms with Crippen molar-refractivity contribution < 1.29 is 9.84 Å². The third-order valence-corrected chi connectivity index (χ3v) is 3.71. The molecule has 90 valence electrons. The number of aliphatic hydroxyl groups excluding tert-OH is 1. The van der Waals surface area contributed by atoms with Gasteiger partial charge in [0, 0.05) is 38.8 Å². The topological polar surface area (TPSA) is 32.7 Å². The van der Waals surface area contributed by atoms with Crippen molar-refractivity contribution in [1.29, 1.82) is 0 Å². The molecular weight excluding hydrogens is 190 g/mol. The van der Waals surface area contributed by atoms with Gasteiger partial charge in [0.2, 0.25) is 0 Å². The molecule has 1 saturated heterocycles. The van der Waals surface area contributed by atoms with E-state index < -0.39 is 0 Å². The highest BCUT2D eigenvalue weighted by Crippen LogP contribution is 2.24. The maximum atomic E-state index is 9.36. The van der Waals surface area contributed by atoms with Crippen LogP contribution in [0, 0.1) is 5.41 Å². The Morgan fingerprint density at radius 2 is 2.00 bits per heavy atom. The Labute approximate surface area is 93.4 Å². The van der Waals surface area contributed by atoms with Gasteiger partial charge in [0.25, 0.3) is 0 Å². The number of ether oxygens (including phenoxy) is 1. The number of hydrogen-bond acceptors (Lipinski definition) is 3. The summed E-state index contributed by atoms with van der Waals surface area (Å²) in [6.07, 6.45) is 3.74. The molecule has 1 aliphatic rings. The fraction of sp³-hybridized carbons (Fsp3) is 1.00. The van der Waals surface area contributed by atoms with E-state index in [1.807, 2.05) is 0 Å². The van der Waals surface area contributed by atoms with Gasteiger partial charge in [0.15, 0.2) is 0 Å². The fourth-order valence-corrected chi connectivity index (χ4v) is 2.12. The standard InChI is InChI=1S/C12H25NO2/c1-4-12(2,10-14)9-13-7-5-11(15-3)6-8-13/h11,14H,4-10H2,1-3H3. The Kier molecular flexibility index (Phi) is 5.03. The van der Waals surface area contributed by atoms with E-state index in [9.17, 15) is 5.11 Å². The van der Waals surface area contributed by atoms with Crippen molar-refractivity contribution >= 4 is 0 Å². The third-order valence-electron chi connectivity index (χ3n) is 3.71. The normalized spacial score (nSPS) is 24.0. The van der Waals surface area contributed by atoms with Crippen molar-refractivity contribution in [3.05, 3.63) is 0 Å². The first-order chi connectivity index (χ1) is 7.13. The van der Waals surface area contributed by atoms with Gasteiger partial charge >= 0.3 is 0 Å². The number of nitrogens with zero attached hydrogens (tertiary/aromatic N) is 1. The monoisotopic (exact) mass is 215 g/mol. The minimum absolute atomic E-state index is 0.0694. The van der Waals surface area contributed by atoms with Crippen molar-refractivity contribution in [3.8, 4) is 0 Å². The average Bonchev–Trinajstić information content (AvgIpc) is 2.30. The Bertz CT molecular complexity index is 172. The molecule has 1 aliphatic heterocycles. The molecule has 0 aromatic carbocycles. The zero-order valence-electron chi connectivity index (χ0n) is 10.3. The molecule has 3 heteroatoms. The Hall–Kier alpha value is -0.120. The Balaban J connectivity index is 2.34. The van der Waals surface area contributed by atoms with Gasteiger partial charge in [-0.25, -0.2) is 0 Å². The summed E-state index contributed by atoms with van der Waals surface area (Å²) in [7, 11) is 1.80. The number of likely N-dealkylation sites (tertiary alicyclic amines) is 1. The lowest BCUT2D eigenvalue weighted by Crippen LogP contribution is -2.43. The van der Waals surface area contributed by atoms with Crippen molar-refractivity contribution in [2.45, 2.75) is 39.2 Å². The summed E-state index contributed by atoms with van der Waals surface area (Å²) >= 11 is 0. The maximum absolute atomic E-state index is 9.36. The second kappa shape index (κ2) is 5.83. The second-order valence-corrected chi connectivity index (χ2v) is 5.03. The van der Waals surface area contributed by atoms with E-state index >= 15 is 0 Å². The first-order valence-corrected chi connectivity index (χ1v) is 5.99. The molecule has 1 atom stereocenters. The Morgan fingerprint density at radius 1 is 1.40 bits per heavy atom. The van der Waals surface area contributed by atoms with Crippen LogP contribution in [0.4, 0.5) is 0 Å². The highest BCUT2D eigenvalue weighted by Gasteiger charge is 2.27. The molecule has 0 spiro atoms. The van der Waals surface area contributed by atoms with Crippen molar-refractivity contribution in [2.24, 2.45) is 5.41 Å². The summed E-state index contributed by atoms with van der Waals surface area (Å²) in [5, 5.41) is 9.36. The molecule has 3 nitrogen and oxygen atoms in total. The predicted molar refractivity (Wildman–Crippen MR) is 62.0 cm³/mol. The summed E-state index contributed by atoms with van der Waals surface area (Å²) < 4.78 is 5.35. The summed E-state index contributed by atoms with van der Waals surface area (Å²) in [5.41, 5.74) is 0.0694. The van der Waals surface area contributed by atoms with E-state index in [0.29, 0.717) is 6.10 Å².